The molecule has 0 saturated heterocycles. The van der Waals surface area contributed by atoms with E-state index in [9.17, 15) is 14.7 Å². The van der Waals surface area contributed by atoms with Crippen LogP contribution in [0.25, 0.3) is 10.6 Å². The Morgan fingerprint density at radius 2 is 1.74 bits per heavy atom. The highest BCUT2D eigenvalue weighted by molar-refractivity contribution is 7.17. The van der Waals surface area contributed by atoms with Gasteiger partial charge in [-0.25, -0.2) is 4.98 Å². The Kier molecular flexibility index (Phi) is 6.07. The minimum atomic E-state index is -0.858. The number of rotatable bonds is 6. The molecule has 6 rings (SSSR count). The number of hydrogen-bond acceptors (Lipinski definition) is 8. The first kappa shape index (κ1) is 24.7. The van der Waals surface area contributed by atoms with Gasteiger partial charge in [-0.05, 0) is 36.8 Å². The third-order valence-corrected chi connectivity index (χ3v) is 8.04. The maximum atomic E-state index is 14.1. The van der Waals surface area contributed by atoms with Gasteiger partial charge >= 0.3 is 0 Å². The number of aliphatic hydroxyl groups is 1. The summed E-state index contributed by atoms with van der Waals surface area (Å²) in [5, 5.41) is 11.9. The summed E-state index contributed by atoms with van der Waals surface area (Å²) in [6.45, 7) is 1.85. The van der Waals surface area contributed by atoms with Crippen LogP contribution in [-0.4, -0.2) is 42.7 Å². The summed E-state index contributed by atoms with van der Waals surface area (Å²) in [5.74, 6) is -0.604. The van der Waals surface area contributed by atoms with E-state index in [1.807, 2.05) is 73.6 Å². The lowest BCUT2D eigenvalue weighted by molar-refractivity contribution is -0.117. The number of aliphatic hydroxyl groups excluding tert-OH is 1. The lowest BCUT2D eigenvalue weighted by Gasteiger charge is -2.27. The molecule has 1 unspecified atom stereocenters. The molecule has 0 fully saturated rings. The van der Waals surface area contributed by atoms with Crippen LogP contribution in [0.4, 0.5) is 11.4 Å². The molecule has 0 bridgehead atoms. The highest BCUT2D eigenvalue weighted by atomic mass is 32.1. The molecule has 39 heavy (non-hydrogen) atoms. The van der Waals surface area contributed by atoms with Crippen molar-refractivity contribution in [1.82, 2.24) is 4.98 Å². The van der Waals surface area contributed by atoms with E-state index in [2.05, 4.69) is 4.98 Å². The number of thiazole rings is 1. The number of aryl methyl sites for hydroxylation is 1. The van der Waals surface area contributed by atoms with Crippen molar-refractivity contribution in [3.05, 3.63) is 100 Å². The summed E-state index contributed by atoms with van der Waals surface area (Å²) in [6, 6.07) is 21.4. The monoisotopic (exact) mass is 539 g/mol. The van der Waals surface area contributed by atoms with Gasteiger partial charge in [0.25, 0.3) is 5.91 Å². The van der Waals surface area contributed by atoms with Gasteiger partial charge in [0, 0.05) is 37.1 Å². The van der Waals surface area contributed by atoms with Crippen molar-refractivity contribution in [2.45, 2.75) is 13.0 Å². The molecule has 1 N–H and O–H groups in total. The second-order valence-electron chi connectivity index (χ2n) is 9.49. The zero-order chi connectivity index (χ0) is 27.3. The molecule has 8 nitrogen and oxygen atoms in total. The van der Waals surface area contributed by atoms with Gasteiger partial charge in [0.15, 0.2) is 17.3 Å². The van der Waals surface area contributed by atoms with Gasteiger partial charge in [-0.15, -0.1) is 11.3 Å². The number of carbonyl (C=O) groups is 2. The van der Waals surface area contributed by atoms with Crippen LogP contribution in [0.1, 0.15) is 27.0 Å². The molecule has 0 saturated carbocycles. The van der Waals surface area contributed by atoms with Crippen LogP contribution in [-0.2, 0) is 4.79 Å². The first-order chi connectivity index (χ1) is 18.8. The average Bonchev–Trinajstić information content (AvgIpc) is 3.65. The van der Waals surface area contributed by atoms with Crippen molar-refractivity contribution in [3.63, 3.8) is 0 Å². The van der Waals surface area contributed by atoms with E-state index < -0.39 is 23.5 Å². The van der Waals surface area contributed by atoms with Crippen LogP contribution in [0.5, 0.6) is 11.5 Å². The Morgan fingerprint density at radius 3 is 2.46 bits per heavy atom. The Morgan fingerprint density at radius 1 is 1.03 bits per heavy atom. The van der Waals surface area contributed by atoms with Gasteiger partial charge in [0.1, 0.15) is 5.01 Å². The summed E-state index contributed by atoms with van der Waals surface area (Å²) in [5.41, 5.74) is 3.57. The predicted octanol–water partition coefficient (Wildman–Crippen LogP) is 5.70. The minimum absolute atomic E-state index is 0.0154. The van der Waals surface area contributed by atoms with Crippen LogP contribution in [0, 0.1) is 6.92 Å². The normalized spacial score (nSPS) is 16.2. The van der Waals surface area contributed by atoms with Crippen molar-refractivity contribution < 1.29 is 24.2 Å². The Bertz CT molecular complexity index is 1630. The Labute approximate surface area is 229 Å². The minimum Gasteiger partial charge on any atom is -0.503 e. The van der Waals surface area contributed by atoms with Crippen molar-refractivity contribution in [2.75, 3.05) is 30.7 Å². The van der Waals surface area contributed by atoms with E-state index in [0.29, 0.717) is 38.3 Å². The summed E-state index contributed by atoms with van der Waals surface area (Å²) in [4.78, 5) is 36.1. The smallest absolute Gasteiger partial charge is 0.294 e. The van der Waals surface area contributed by atoms with Crippen molar-refractivity contribution in [2.24, 2.45) is 0 Å². The van der Waals surface area contributed by atoms with E-state index in [1.165, 1.54) is 16.2 Å². The number of fused-ring (bicyclic) bond motifs is 1. The molecule has 0 radical (unpaired) electrons. The van der Waals surface area contributed by atoms with Gasteiger partial charge in [-0.3, -0.25) is 14.5 Å². The highest BCUT2D eigenvalue weighted by Gasteiger charge is 2.45. The molecule has 4 aromatic rings. The van der Waals surface area contributed by atoms with E-state index in [4.69, 9.17) is 9.47 Å². The van der Waals surface area contributed by atoms with Gasteiger partial charge in [-0.1, -0.05) is 42.5 Å². The van der Waals surface area contributed by atoms with Gasteiger partial charge < -0.3 is 19.5 Å². The van der Waals surface area contributed by atoms with Crippen LogP contribution >= 0.6 is 11.3 Å². The standard InChI is InChI=1S/C30H25N3O5S/c1-17-28(39-29(31-17)19-7-5-4-6-8-19)26(34)24-25(18-9-11-20(12-10-18)32(2)3)33(30(36)27(24)35)21-13-14-22-23(15-21)38-16-37-22/h4-15,25,35H,16H2,1-3H3. The number of ketones is 1. The van der Waals surface area contributed by atoms with Crippen molar-refractivity contribution in [3.8, 4) is 22.1 Å². The topological polar surface area (TPSA) is 92.2 Å². The molecule has 9 heteroatoms. The van der Waals surface area contributed by atoms with Crippen LogP contribution in [0.2, 0.25) is 0 Å². The van der Waals surface area contributed by atoms with E-state index >= 15 is 0 Å². The third kappa shape index (κ3) is 4.21. The molecular weight excluding hydrogens is 514 g/mol. The van der Waals surface area contributed by atoms with Gasteiger partial charge in [0.05, 0.1) is 22.2 Å². The zero-order valence-electron chi connectivity index (χ0n) is 21.5. The van der Waals surface area contributed by atoms with Crippen LogP contribution in [0.15, 0.2) is 84.1 Å². The SMILES string of the molecule is Cc1nc(-c2ccccc2)sc1C(=O)C1=C(O)C(=O)N(c2ccc3c(c2)OCO3)C1c1ccc(N(C)C)cc1. The molecule has 1 atom stereocenters. The molecule has 0 spiro atoms. The van der Waals surface area contributed by atoms with Gasteiger partial charge in [0.2, 0.25) is 12.6 Å². The van der Waals surface area contributed by atoms with E-state index in [1.54, 1.807) is 25.1 Å². The number of hydrogen-bond donors (Lipinski definition) is 1. The first-order valence-electron chi connectivity index (χ1n) is 12.3. The molecule has 1 aromatic heterocycles. The van der Waals surface area contributed by atoms with Crippen LogP contribution in [0.3, 0.4) is 0 Å². The number of Topliss-reactive ketones (excluding diaryl/α,β-unsaturated/α-hetero) is 1. The number of benzene rings is 3. The molecule has 0 aliphatic carbocycles. The van der Waals surface area contributed by atoms with Crippen LogP contribution < -0.4 is 19.3 Å². The summed E-state index contributed by atoms with van der Waals surface area (Å²) >= 11 is 1.25. The number of amides is 1. The Hall–Kier alpha value is -4.63. The summed E-state index contributed by atoms with van der Waals surface area (Å²) < 4.78 is 11.0. The Balaban J connectivity index is 1.46. The molecule has 3 aromatic carbocycles. The molecule has 2 aliphatic rings. The third-order valence-electron chi connectivity index (χ3n) is 6.84. The predicted molar refractivity (Wildman–Crippen MR) is 150 cm³/mol. The largest absolute Gasteiger partial charge is 0.503 e. The first-order valence-corrected chi connectivity index (χ1v) is 13.2. The fourth-order valence-corrected chi connectivity index (χ4v) is 5.87. The summed E-state index contributed by atoms with van der Waals surface area (Å²) in [7, 11) is 3.87. The lowest BCUT2D eigenvalue weighted by atomic mass is 9.94. The number of ether oxygens (including phenoxy) is 2. The fraction of sp³-hybridized carbons (Fsp3) is 0.167. The zero-order valence-corrected chi connectivity index (χ0v) is 22.4. The summed E-state index contributed by atoms with van der Waals surface area (Å²) in [6.07, 6.45) is 0. The highest BCUT2D eigenvalue weighted by Crippen LogP contribution is 2.45. The number of nitrogens with zero attached hydrogens (tertiary/aromatic N) is 3. The molecule has 196 valence electrons. The van der Waals surface area contributed by atoms with Gasteiger partial charge in [-0.2, -0.15) is 0 Å². The fourth-order valence-electron chi connectivity index (χ4n) is 4.84. The molecular formula is C30H25N3O5S. The molecule has 2 aliphatic heterocycles. The van der Waals surface area contributed by atoms with Crippen molar-refractivity contribution >= 4 is 34.4 Å². The number of aromatic nitrogens is 1. The second kappa shape index (κ2) is 9.59. The molecule has 1 amide bonds. The number of carbonyl (C=O) groups excluding carboxylic acids is 2. The second-order valence-corrected chi connectivity index (χ2v) is 10.5. The molecule has 3 heterocycles. The maximum Gasteiger partial charge on any atom is 0.294 e. The maximum absolute atomic E-state index is 14.1. The average molecular weight is 540 g/mol. The van der Waals surface area contributed by atoms with E-state index in [0.717, 1.165) is 11.3 Å². The number of anilines is 2. The van der Waals surface area contributed by atoms with Crippen molar-refractivity contribution in [1.29, 1.82) is 0 Å². The van der Waals surface area contributed by atoms with E-state index in [-0.39, 0.29) is 12.4 Å². The lowest BCUT2D eigenvalue weighted by Crippen LogP contribution is -2.31. The quantitative estimate of drug-likeness (QED) is 0.315.